The summed E-state index contributed by atoms with van der Waals surface area (Å²) in [7, 11) is 0. The summed E-state index contributed by atoms with van der Waals surface area (Å²) in [4.78, 5) is 6.57. The molecule has 1 aromatic heterocycles. The molecule has 4 nitrogen and oxygen atoms in total. The highest BCUT2D eigenvalue weighted by Crippen LogP contribution is 2.21. The number of aliphatic hydroxyl groups excluding tert-OH is 1. The molecule has 2 aromatic rings. The van der Waals surface area contributed by atoms with E-state index in [-0.39, 0.29) is 12.4 Å². The van der Waals surface area contributed by atoms with Crippen molar-refractivity contribution in [3.8, 4) is 0 Å². The van der Waals surface area contributed by atoms with Gasteiger partial charge < -0.3 is 9.52 Å². The maximum Gasteiger partial charge on any atom is 0.209 e. The molecule has 102 valence electrons. The Labute approximate surface area is 110 Å². The standard InChI is InChI=1S/C14H17FN2O2/c15-11-1-2-13-12(7-11)16-14(19-13)8-17-5-3-10(9-18)4-6-17/h1-2,7,10,18H,3-6,8-9H2. The number of rotatable bonds is 3. The second kappa shape index (κ2) is 5.27. The van der Waals surface area contributed by atoms with Gasteiger partial charge in [0, 0.05) is 12.7 Å². The van der Waals surface area contributed by atoms with Gasteiger partial charge >= 0.3 is 0 Å². The van der Waals surface area contributed by atoms with Crippen molar-refractivity contribution in [3.05, 3.63) is 29.9 Å². The minimum Gasteiger partial charge on any atom is -0.439 e. The molecule has 5 heteroatoms. The Morgan fingerprint density at radius 1 is 1.37 bits per heavy atom. The predicted octanol–water partition coefficient (Wildman–Crippen LogP) is 2.17. The summed E-state index contributed by atoms with van der Waals surface area (Å²) >= 11 is 0. The summed E-state index contributed by atoms with van der Waals surface area (Å²) in [6, 6.07) is 4.38. The van der Waals surface area contributed by atoms with Gasteiger partial charge in [-0.1, -0.05) is 0 Å². The Balaban J connectivity index is 1.68. The molecule has 1 N–H and O–H groups in total. The number of piperidine rings is 1. The number of oxazole rings is 1. The minimum atomic E-state index is -0.295. The van der Waals surface area contributed by atoms with Crippen LogP contribution in [0.1, 0.15) is 18.7 Å². The SMILES string of the molecule is OCC1CCN(Cc2nc3cc(F)ccc3o2)CC1. The topological polar surface area (TPSA) is 49.5 Å². The van der Waals surface area contributed by atoms with Crippen molar-refractivity contribution in [1.82, 2.24) is 9.88 Å². The fraction of sp³-hybridized carbons (Fsp3) is 0.500. The zero-order valence-electron chi connectivity index (χ0n) is 10.7. The Kier molecular flexibility index (Phi) is 3.48. The highest BCUT2D eigenvalue weighted by atomic mass is 19.1. The summed E-state index contributed by atoms with van der Waals surface area (Å²) in [5.41, 5.74) is 1.20. The summed E-state index contributed by atoms with van der Waals surface area (Å²) in [5, 5.41) is 9.10. The summed E-state index contributed by atoms with van der Waals surface area (Å²) in [6.07, 6.45) is 2.01. The molecule has 0 bridgehead atoms. The predicted molar refractivity (Wildman–Crippen MR) is 69.1 cm³/mol. The van der Waals surface area contributed by atoms with Crippen molar-refractivity contribution in [1.29, 1.82) is 0 Å². The van der Waals surface area contributed by atoms with Crippen LogP contribution in [0.2, 0.25) is 0 Å². The van der Waals surface area contributed by atoms with Gasteiger partial charge in [-0.2, -0.15) is 0 Å². The average Bonchev–Trinajstić information content (AvgIpc) is 2.81. The van der Waals surface area contributed by atoms with Gasteiger partial charge in [-0.05, 0) is 44.0 Å². The lowest BCUT2D eigenvalue weighted by molar-refractivity contribution is 0.121. The molecule has 19 heavy (non-hydrogen) atoms. The molecule has 2 heterocycles. The van der Waals surface area contributed by atoms with E-state index >= 15 is 0 Å². The van der Waals surface area contributed by atoms with Crippen molar-refractivity contribution in [3.63, 3.8) is 0 Å². The Morgan fingerprint density at radius 3 is 2.89 bits per heavy atom. The monoisotopic (exact) mass is 264 g/mol. The van der Waals surface area contributed by atoms with Crippen molar-refractivity contribution < 1.29 is 13.9 Å². The van der Waals surface area contributed by atoms with Gasteiger partial charge in [-0.25, -0.2) is 9.37 Å². The van der Waals surface area contributed by atoms with E-state index in [1.807, 2.05) is 0 Å². The van der Waals surface area contributed by atoms with E-state index in [2.05, 4.69) is 9.88 Å². The lowest BCUT2D eigenvalue weighted by Gasteiger charge is -2.29. The lowest BCUT2D eigenvalue weighted by atomic mass is 9.98. The molecule has 1 fully saturated rings. The van der Waals surface area contributed by atoms with Crippen molar-refractivity contribution in [2.75, 3.05) is 19.7 Å². The average molecular weight is 264 g/mol. The summed E-state index contributed by atoms with van der Waals surface area (Å²) in [5.74, 6) is 0.758. The summed E-state index contributed by atoms with van der Waals surface area (Å²) in [6.45, 7) is 2.81. The maximum atomic E-state index is 13.1. The fourth-order valence-electron chi connectivity index (χ4n) is 2.53. The first kappa shape index (κ1) is 12.6. The van der Waals surface area contributed by atoms with Crippen LogP contribution in [0.15, 0.2) is 22.6 Å². The first-order valence-corrected chi connectivity index (χ1v) is 6.63. The van der Waals surface area contributed by atoms with Crippen molar-refractivity contribution in [2.45, 2.75) is 19.4 Å². The van der Waals surface area contributed by atoms with Crippen LogP contribution in [0.25, 0.3) is 11.1 Å². The normalized spacial score (nSPS) is 18.2. The Bertz CT molecular complexity index is 562. The molecular formula is C14H17FN2O2. The van der Waals surface area contributed by atoms with Crippen LogP contribution >= 0.6 is 0 Å². The van der Waals surface area contributed by atoms with Crippen molar-refractivity contribution >= 4 is 11.1 Å². The van der Waals surface area contributed by atoms with E-state index in [4.69, 9.17) is 9.52 Å². The molecule has 1 aromatic carbocycles. The van der Waals surface area contributed by atoms with Gasteiger partial charge in [0.25, 0.3) is 0 Å². The van der Waals surface area contributed by atoms with Crippen LogP contribution in [0.4, 0.5) is 4.39 Å². The van der Waals surface area contributed by atoms with Crippen LogP contribution < -0.4 is 0 Å². The third kappa shape index (κ3) is 2.77. The third-order valence-electron chi connectivity index (χ3n) is 3.72. The number of halogens is 1. The lowest BCUT2D eigenvalue weighted by Crippen LogP contribution is -2.34. The van der Waals surface area contributed by atoms with Crippen LogP contribution in [0, 0.1) is 11.7 Å². The number of fused-ring (bicyclic) bond motifs is 1. The number of aliphatic hydroxyl groups is 1. The number of nitrogens with zero attached hydrogens (tertiary/aromatic N) is 2. The molecule has 1 aliphatic rings. The second-order valence-electron chi connectivity index (χ2n) is 5.12. The van der Waals surface area contributed by atoms with E-state index in [9.17, 15) is 4.39 Å². The molecule has 0 atom stereocenters. The molecule has 3 rings (SSSR count). The zero-order valence-corrected chi connectivity index (χ0v) is 10.7. The van der Waals surface area contributed by atoms with Crippen LogP contribution in [0.3, 0.4) is 0 Å². The maximum absolute atomic E-state index is 13.1. The Morgan fingerprint density at radius 2 is 2.16 bits per heavy atom. The number of hydrogen-bond acceptors (Lipinski definition) is 4. The van der Waals surface area contributed by atoms with E-state index in [0.717, 1.165) is 25.9 Å². The highest BCUT2D eigenvalue weighted by molar-refractivity contribution is 5.72. The molecular weight excluding hydrogens is 247 g/mol. The summed E-state index contributed by atoms with van der Waals surface area (Å²) < 4.78 is 18.7. The number of hydrogen-bond donors (Lipinski definition) is 1. The quantitative estimate of drug-likeness (QED) is 0.923. The number of aromatic nitrogens is 1. The number of benzene rings is 1. The smallest absolute Gasteiger partial charge is 0.209 e. The van der Waals surface area contributed by atoms with Gasteiger partial charge in [0.05, 0.1) is 6.54 Å². The first-order valence-electron chi connectivity index (χ1n) is 6.63. The second-order valence-corrected chi connectivity index (χ2v) is 5.12. The van der Waals surface area contributed by atoms with E-state index < -0.39 is 0 Å². The molecule has 0 radical (unpaired) electrons. The van der Waals surface area contributed by atoms with Crippen LogP contribution in [0.5, 0.6) is 0 Å². The van der Waals surface area contributed by atoms with Crippen LogP contribution in [-0.4, -0.2) is 34.7 Å². The fourth-order valence-corrected chi connectivity index (χ4v) is 2.53. The molecule has 1 aliphatic heterocycles. The molecule has 0 saturated carbocycles. The molecule has 0 unspecified atom stereocenters. The largest absolute Gasteiger partial charge is 0.439 e. The van der Waals surface area contributed by atoms with E-state index in [1.165, 1.54) is 12.1 Å². The number of likely N-dealkylation sites (tertiary alicyclic amines) is 1. The van der Waals surface area contributed by atoms with Gasteiger partial charge in [-0.3, -0.25) is 4.90 Å². The third-order valence-corrected chi connectivity index (χ3v) is 3.72. The minimum absolute atomic E-state index is 0.274. The van der Waals surface area contributed by atoms with E-state index in [0.29, 0.717) is 29.5 Å². The van der Waals surface area contributed by atoms with Gasteiger partial charge in [0.2, 0.25) is 5.89 Å². The van der Waals surface area contributed by atoms with Crippen molar-refractivity contribution in [2.24, 2.45) is 5.92 Å². The van der Waals surface area contributed by atoms with Gasteiger partial charge in [0.1, 0.15) is 11.3 Å². The van der Waals surface area contributed by atoms with Gasteiger partial charge in [0.15, 0.2) is 5.58 Å². The Hall–Kier alpha value is -1.46. The molecule has 1 saturated heterocycles. The van der Waals surface area contributed by atoms with Crippen LogP contribution in [-0.2, 0) is 6.54 Å². The van der Waals surface area contributed by atoms with Gasteiger partial charge in [-0.15, -0.1) is 0 Å². The molecule has 0 spiro atoms. The first-order chi connectivity index (χ1) is 9.24. The van der Waals surface area contributed by atoms with E-state index in [1.54, 1.807) is 6.07 Å². The zero-order chi connectivity index (χ0) is 13.2. The highest BCUT2D eigenvalue weighted by Gasteiger charge is 2.20. The molecule has 0 amide bonds. The molecule has 0 aliphatic carbocycles.